The summed E-state index contributed by atoms with van der Waals surface area (Å²) in [6.07, 6.45) is 3.80. The number of H-pyrrole nitrogens is 2. The first kappa shape index (κ1) is 19.9. The van der Waals surface area contributed by atoms with E-state index in [1.54, 1.807) is 12.4 Å². The van der Waals surface area contributed by atoms with E-state index in [-0.39, 0.29) is 11.3 Å². The van der Waals surface area contributed by atoms with Crippen LogP contribution in [0.25, 0.3) is 44.8 Å². The van der Waals surface area contributed by atoms with Crippen molar-refractivity contribution in [1.82, 2.24) is 30.1 Å². The van der Waals surface area contributed by atoms with Crippen LogP contribution in [0.4, 0.5) is 5.69 Å². The molecule has 0 aliphatic rings. The van der Waals surface area contributed by atoms with E-state index >= 15 is 0 Å². The standard InChI is InChI=1S/C24H23N7O/c1-24(2,3)11-20(32)26-15-10-14(12-25-13-15)16-8-9-19-21(27-16)22(31-30-19)23-28-17-6-4-5-7-18(17)29-23/h4-10,12-13H,11H2,1-3H3,(H,26,32)(H,28,29)(H,30,31). The molecule has 1 aromatic carbocycles. The molecule has 1 amide bonds. The minimum atomic E-state index is -0.0873. The molecule has 4 aromatic heterocycles. The van der Waals surface area contributed by atoms with E-state index in [0.717, 1.165) is 27.8 Å². The van der Waals surface area contributed by atoms with Gasteiger partial charge in [-0.05, 0) is 35.7 Å². The normalized spacial score (nSPS) is 11.8. The maximum atomic E-state index is 12.3. The number of carbonyl (C=O) groups excluding carboxylic acids is 1. The van der Waals surface area contributed by atoms with Crippen molar-refractivity contribution in [3.05, 3.63) is 54.9 Å². The fourth-order valence-corrected chi connectivity index (χ4v) is 3.63. The summed E-state index contributed by atoms with van der Waals surface area (Å²) < 4.78 is 0. The Balaban J connectivity index is 1.49. The Morgan fingerprint density at radius 2 is 1.88 bits per heavy atom. The Labute approximate surface area is 184 Å². The van der Waals surface area contributed by atoms with Crippen LogP contribution in [0, 0.1) is 5.41 Å². The number of rotatable bonds is 4. The third-order valence-electron chi connectivity index (χ3n) is 5.03. The molecule has 0 saturated heterocycles. The van der Waals surface area contributed by atoms with Crippen molar-refractivity contribution in [2.24, 2.45) is 5.41 Å². The number of fused-ring (bicyclic) bond motifs is 2. The molecule has 8 heteroatoms. The zero-order valence-corrected chi connectivity index (χ0v) is 18.1. The molecule has 0 saturated carbocycles. The lowest BCUT2D eigenvalue weighted by Crippen LogP contribution is -2.19. The van der Waals surface area contributed by atoms with Crippen molar-refractivity contribution in [1.29, 1.82) is 0 Å². The van der Waals surface area contributed by atoms with Gasteiger partial charge in [-0.3, -0.25) is 14.9 Å². The van der Waals surface area contributed by atoms with E-state index in [4.69, 9.17) is 4.98 Å². The second kappa shape index (κ2) is 7.56. The third kappa shape index (κ3) is 3.94. The van der Waals surface area contributed by atoms with Gasteiger partial charge in [0.15, 0.2) is 11.5 Å². The van der Waals surface area contributed by atoms with E-state index in [1.807, 2.05) is 63.2 Å². The lowest BCUT2D eigenvalue weighted by molar-refractivity contribution is -0.117. The molecule has 8 nitrogen and oxygen atoms in total. The van der Waals surface area contributed by atoms with E-state index in [0.29, 0.717) is 29.1 Å². The molecule has 0 bridgehead atoms. The Hall–Kier alpha value is -4.07. The first-order valence-corrected chi connectivity index (χ1v) is 10.4. The quantitative estimate of drug-likeness (QED) is 0.378. The number of anilines is 1. The van der Waals surface area contributed by atoms with Crippen LogP contribution in [0.2, 0.25) is 0 Å². The molecule has 4 heterocycles. The highest BCUT2D eigenvalue weighted by Gasteiger charge is 2.17. The summed E-state index contributed by atoms with van der Waals surface area (Å²) in [4.78, 5) is 29.4. The zero-order valence-electron chi connectivity index (χ0n) is 18.1. The van der Waals surface area contributed by atoms with Crippen LogP contribution >= 0.6 is 0 Å². The van der Waals surface area contributed by atoms with Crippen molar-refractivity contribution in [3.63, 3.8) is 0 Å². The Morgan fingerprint density at radius 3 is 2.69 bits per heavy atom. The van der Waals surface area contributed by atoms with Crippen molar-refractivity contribution in [2.45, 2.75) is 27.2 Å². The highest BCUT2D eigenvalue weighted by atomic mass is 16.1. The number of nitrogens with one attached hydrogen (secondary N) is 3. The van der Waals surface area contributed by atoms with Gasteiger partial charge in [-0.15, -0.1) is 0 Å². The predicted molar refractivity (Wildman–Crippen MR) is 125 cm³/mol. The van der Waals surface area contributed by atoms with Gasteiger partial charge in [0.1, 0.15) is 5.52 Å². The topological polar surface area (TPSA) is 112 Å². The molecule has 0 aliphatic carbocycles. The summed E-state index contributed by atoms with van der Waals surface area (Å²) in [5, 5.41) is 10.4. The van der Waals surface area contributed by atoms with Gasteiger partial charge in [0.2, 0.25) is 5.91 Å². The van der Waals surface area contributed by atoms with Crippen LogP contribution in [0.1, 0.15) is 27.2 Å². The molecular weight excluding hydrogens is 402 g/mol. The summed E-state index contributed by atoms with van der Waals surface area (Å²) in [6, 6.07) is 13.6. The Kier molecular flexibility index (Phi) is 4.70. The van der Waals surface area contributed by atoms with Gasteiger partial charge in [0, 0.05) is 18.2 Å². The predicted octanol–water partition coefficient (Wildman–Crippen LogP) is 4.94. The van der Waals surface area contributed by atoms with Crippen molar-refractivity contribution >= 4 is 33.7 Å². The van der Waals surface area contributed by atoms with Crippen molar-refractivity contribution < 1.29 is 4.79 Å². The molecule has 0 radical (unpaired) electrons. The SMILES string of the molecule is CC(C)(C)CC(=O)Nc1cncc(-c2ccc3[nH]nc(-c4nc5ccccc5[nH]4)c3n2)c1. The number of hydrogen-bond acceptors (Lipinski definition) is 5. The van der Waals surface area contributed by atoms with Gasteiger partial charge in [-0.1, -0.05) is 32.9 Å². The maximum absolute atomic E-state index is 12.3. The van der Waals surface area contributed by atoms with Crippen LogP contribution < -0.4 is 5.32 Å². The average Bonchev–Trinajstić information content (AvgIpc) is 3.35. The van der Waals surface area contributed by atoms with Crippen molar-refractivity contribution in [2.75, 3.05) is 5.32 Å². The molecule has 160 valence electrons. The van der Waals surface area contributed by atoms with Gasteiger partial charge in [-0.2, -0.15) is 5.10 Å². The molecule has 3 N–H and O–H groups in total. The number of aromatic nitrogens is 6. The van der Waals surface area contributed by atoms with Gasteiger partial charge in [0.05, 0.1) is 34.1 Å². The summed E-state index contributed by atoms with van der Waals surface area (Å²) in [5.74, 6) is 0.616. The van der Waals surface area contributed by atoms with Crippen LogP contribution in [-0.2, 0) is 4.79 Å². The van der Waals surface area contributed by atoms with Crippen LogP contribution in [0.15, 0.2) is 54.9 Å². The van der Waals surface area contributed by atoms with Crippen LogP contribution in [-0.4, -0.2) is 36.0 Å². The van der Waals surface area contributed by atoms with Gasteiger partial charge < -0.3 is 10.3 Å². The number of para-hydroxylation sites is 2. The molecule has 32 heavy (non-hydrogen) atoms. The highest BCUT2D eigenvalue weighted by Crippen LogP contribution is 2.28. The average molecular weight is 425 g/mol. The summed E-state index contributed by atoms with van der Waals surface area (Å²) in [5.41, 5.74) is 6.08. The number of benzene rings is 1. The lowest BCUT2D eigenvalue weighted by Gasteiger charge is -2.17. The fourth-order valence-electron chi connectivity index (χ4n) is 3.63. The second-order valence-electron chi connectivity index (χ2n) is 9.02. The Morgan fingerprint density at radius 1 is 1.03 bits per heavy atom. The monoisotopic (exact) mass is 425 g/mol. The van der Waals surface area contributed by atoms with Crippen LogP contribution in [0.3, 0.4) is 0 Å². The van der Waals surface area contributed by atoms with E-state index < -0.39 is 0 Å². The molecule has 0 atom stereocenters. The van der Waals surface area contributed by atoms with E-state index in [1.165, 1.54) is 0 Å². The summed E-state index contributed by atoms with van der Waals surface area (Å²) >= 11 is 0. The van der Waals surface area contributed by atoms with Crippen LogP contribution in [0.5, 0.6) is 0 Å². The van der Waals surface area contributed by atoms with Crippen molar-refractivity contribution in [3.8, 4) is 22.8 Å². The number of pyridine rings is 2. The van der Waals surface area contributed by atoms with Gasteiger partial charge in [0.25, 0.3) is 0 Å². The first-order valence-electron chi connectivity index (χ1n) is 10.4. The molecular formula is C24H23N7O. The number of hydrogen-bond donors (Lipinski definition) is 3. The number of imidazole rings is 1. The fraction of sp³-hybridized carbons (Fsp3) is 0.208. The first-order chi connectivity index (χ1) is 15.4. The van der Waals surface area contributed by atoms with Gasteiger partial charge >= 0.3 is 0 Å². The zero-order chi connectivity index (χ0) is 22.3. The van der Waals surface area contributed by atoms with Gasteiger partial charge in [-0.25, -0.2) is 9.97 Å². The number of nitrogens with zero attached hydrogens (tertiary/aromatic N) is 4. The minimum Gasteiger partial charge on any atom is -0.337 e. The largest absolute Gasteiger partial charge is 0.337 e. The van der Waals surface area contributed by atoms with E-state index in [2.05, 4.69) is 30.5 Å². The summed E-state index contributed by atoms with van der Waals surface area (Å²) in [7, 11) is 0. The molecule has 0 unspecified atom stereocenters. The Bertz CT molecular complexity index is 1410. The molecule has 0 aliphatic heterocycles. The number of aromatic amines is 2. The third-order valence-corrected chi connectivity index (χ3v) is 5.03. The highest BCUT2D eigenvalue weighted by molar-refractivity contribution is 5.93. The maximum Gasteiger partial charge on any atom is 0.224 e. The smallest absolute Gasteiger partial charge is 0.224 e. The molecule has 5 rings (SSSR count). The number of carbonyl (C=O) groups is 1. The van der Waals surface area contributed by atoms with E-state index in [9.17, 15) is 4.79 Å². The minimum absolute atomic E-state index is 0.0399. The lowest BCUT2D eigenvalue weighted by atomic mass is 9.92. The molecule has 0 fully saturated rings. The number of amides is 1. The molecule has 5 aromatic rings. The molecule has 0 spiro atoms. The summed E-state index contributed by atoms with van der Waals surface area (Å²) in [6.45, 7) is 6.10. The second-order valence-corrected chi connectivity index (χ2v) is 9.02.